The molecule has 3 unspecified atom stereocenters. The van der Waals surface area contributed by atoms with Crippen LogP contribution in [0.1, 0.15) is 271 Å². The lowest BCUT2D eigenvalue weighted by Crippen LogP contribution is -2.45. The second kappa shape index (κ2) is 50.4. The van der Waals surface area contributed by atoms with Crippen molar-refractivity contribution in [2.75, 3.05) is 40.9 Å². The summed E-state index contributed by atoms with van der Waals surface area (Å²) in [7, 11) is 1.55. The van der Waals surface area contributed by atoms with Crippen LogP contribution >= 0.6 is 7.82 Å². The van der Waals surface area contributed by atoms with Crippen molar-refractivity contribution in [1.82, 2.24) is 5.32 Å². The van der Waals surface area contributed by atoms with Gasteiger partial charge < -0.3 is 19.8 Å². The molecule has 0 saturated carbocycles. The topological polar surface area (TPSA) is 105 Å². The van der Waals surface area contributed by atoms with Gasteiger partial charge in [-0.1, -0.05) is 249 Å². The van der Waals surface area contributed by atoms with Crippen molar-refractivity contribution in [3.63, 3.8) is 0 Å². The van der Waals surface area contributed by atoms with Crippen LogP contribution in [0.3, 0.4) is 0 Å². The van der Waals surface area contributed by atoms with Gasteiger partial charge in [-0.05, 0) is 64.2 Å². The summed E-state index contributed by atoms with van der Waals surface area (Å²) in [6, 6.07) is -0.872. The minimum absolute atomic E-state index is 0.0524. The minimum atomic E-state index is -4.36. The highest BCUT2D eigenvalue weighted by molar-refractivity contribution is 7.47. The molecule has 0 aromatic rings. The first-order valence-corrected chi connectivity index (χ1v) is 30.5. The number of unbranched alkanes of at least 4 members (excludes halogenated alkanes) is 34. The largest absolute Gasteiger partial charge is 0.472 e. The first-order valence-electron chi connectivity index (χ1n) is 29.0. The normalized spacial score (nSPS) is 14.3. The molecule has 0 bridgehead atoms. The molecular formula is C59H114N2O6P+. The minimum Gasteiger partial charge on any atom is -0.387 e. The van der Waals surface area contributed by atoms with Crippen molar-refractivity contribution in [1.29, 1.82) is 0 Å². The summed E-state index contributed by atoms with van der Waals surface area (Å²) in [5.74, 6) is -0.200. The monoisotopic (exact) mass is 978 g/mol. The summed E-state index contributed by atoms with van der Waals surface area (Å²) in [4.78, 5) is 23.2. The summed E-state index contributed by atoms with van der Waals surface area (Å²) >= 11 is 0. The summed E-state index contributed by atoms with van der Waals surface area (Å²) < 4.78 is 23.7. The molecule has 68 heavy (non-hydrogen) atoms. The Morgan fingerprint density at radius 2 is 0.853 bits per heavy atom. The number of aliphatic hydroxyl groups is 1. The van der Waals surface area contributed by atoms with E-state index in [1.807, 2.05) is 27.2 Å². The van der Waals surface area contributed by atoms with Gasteiger partial charge in [-0.2, -0.15) is 0 Å². The SMILES string of the molecule is CCCCC/C=C\C/C=C\CCCCCCCC(=O)NC(COP(=O)(O)OCC[N+](C)(C)C)C(O)/C=C/CC/C=C/CCCCCCCCCCCCCCCCCCCCCCCCCCC. The Morgan fingerprint density at radius 1 is 0.500 bits per heavy atom. The molecule has 400 valence electrons. The summed E-state index contributed by atoms with van der Waals surface area (Å²) in [6.45, 7) is 4.78. The Bertz CT molecular complexity index is 1250. The van der Waals surface area contributed by atoms with Gasteiger partial charge in [0.1, 0.15) is 13.2 Å². The maximum atomic E-state index is 12.9. The van der Waals surface area contributed by atoms with Gasteiger partial charge in [0.05, 0.1) is 39.9 Å². The molecule has 0 aromatic heterocycles. The molecule has 1 amide bonds. The molecular weight excluding hydrogens is 864 g/mol. The van der Waals surface area contributed by atoms with Crippen molar-refractivity contribution in [2.24, 2.45) is 0 Å². The van der Waals surface area contributed by atoms with Crippen LogP contribution in [0.4, 0.5) is 0 Å². The van der Waals surface area contributed by atoms with Gasteiger partial charge in [-0.3, -0.25) is 13.8 Å². The predicted molar refractivity (Wildman–Crippen MR) is 295 cm³/mol. The Balaban J connectivity index is 4.16. The molecule has 8 nitrogen and oxygen atoms in total. The number of aliphatic hydroxyl groups excluding tert-OH is 1. The zero-order chi connectivity index (χ0) is 49.9. The number of hydrogen-bond donors (Lipinski definition) is 3. The molecule has 0 saturated heterocycles. The van der Waals surface area contributed by atoms with Gasteiger partial charge in [0.2, 0.25) is 5.91 Å². The van der Waals surface area contributed by atoms with Crippen LogP contribution in [0, 0.1) is 0 Å². The van der Waals surface area contributed by atoms with Crippen molar-refractivity contribution in [2.45, 2.75) is 283 Å². The fourth-order valence-corrected chi connectivity index (χ4v) is 9.18. The van der Waals surface area contributed by atoms with E-state index in [2.05, 4.69) is 55.6 Å². The number of allylic oxidation sites excluding steroid dienone is 7. The van der Waals surface area contributed by atoms with E-state index >= 15 is 0 Å². The first-order chi connectivity index (χ1) is 33.0. The van der Waals surface area contributed by atoms with Gasteiger partial charge >= 0.3 is 7.82 Å². The standard InChI is InChI=1S/C59H113N2O6P/c1-6-8-10-12-14-16-18-20-22-23-24-25-26-27-28-29-30-31-32-33-34-35-36-37-39-40-42-44-46-48-50-52-58(62)57(56-67-68(64,65)66-55-54-61(3,4)5)60-59(63)53-51-49-47-45-43-41-38-21-19-17-15-13-11-9-7-2/h15,17,21,38,42,44,50,52,57-58,62H,6-14,16,18-20,22-37,39-41,43,45-49,51,53-56H2,1-5H3,(H-,60,63,64,65)/p+1/b17-15-,38-21-,44-42+,52-50+. The molecule has 3 atom stereocenters. The number of likely N-dealkylation sites (N-methyl/N-ethyl adjacent to an activating group) is 1. The van der Waals surface area contributed by atoms with Gasteiger partial charge in [0.15, 0.2) is 0 Å². The molecule has 0 fully saturated rings. The quantitative estimate of drug-likeness (QED) is 0.0243. The van der Waals surface area contributed by atoms with Crippen LogP contribution in [0.2, 0.25) is 0 Å². The number of phosphoric ester groups is 1. The lowest BCUT2D eigenvalue weighted by Gasteiger charge is -2.25. The average Bonchev–Trinajstić information content (AvgIpc) is 3.30. The Hall–Kier alpha value is -1.54. The van der Waals surface area contributed by atoms with E-state index in [9.17, 15) is 19.4 Å². The van der Waals surface area contributed by atoms with Crippen LogP contribution in [-0.4, -0.2) is 73.4 Å². The molecule has 0 aromatic carbocycles. The number of nitrogens with one attached hydrogen (secondary N) is 1. The van der Waals surface area contributed by atoms with E-state index in [0.717, 1.165) is 64.2 Å². The van der Waals surface area contributed by atoms with Crippen LogP contribution in [-0.2, 0) is 18.4 Å². The van der Waals surface area contributed by atoms with Crippen LogP contribution < -0.4 is 5.32 Å². The molecule has 0 aliphatic rings. The molecule has 3 N–H and O–H groups in total. The maximum Gasteiger partial charge on any atom is 0.472 e. The number of amides is 1. The third kappa shape index (κ3) is 52.3. The molecule has 0 heterocycles. The summed E-state index contributed by atoms with van der Waals surface area (Å²) in [5, 5.41) is 13.9. The fourth-order valence-electron chi connectivity index (χ4n) is 8.44. The Kier molecular flexibility index (Phi) is 49.3. The lowest BCUT2D eigenvalue weighted by molar-refractivity contribution is -0.870. The van der Waals surface area contributed by atoms with Crippen LogP contribution in [0.15, 0.2) is 48.6 Å². The third-order valence-corrected chi connectivity index (χ3v) is 14.0. The molecule has 0 aliphatic heterocycles. The maximum absolute atomic E-state index is 12.9. The first kappa shape index (κ1) is 66.5. The van der Waals surface area contributed by atoms with Gasteiger partial charge in [-0.15, -0.1) is 0 Å². The van der Waals surface area contributed by atoms with Crippen molar-refractivity contribution in [3.05, 3.63) is 48.6 Å². The number of hydrogen-bond acceptors (Lipinski definition) is 5. The van der Waals surface area contributed by atoms with E-state index in [-0.39, 0.29) is 19.1 Å². The molecule has 0 spiro atoms. The Morgan fingerprint density at radius 3 is 1.29 bits per heavy atom. The van der Waals surface area contributed by atoms with Crippen LogP contribution in [0.5, 0.6) is 0 Å². The van der Waals surface area contributed by atoms with Gasteiger partial charge in [-0.25, -0.2) is 4.57 Å². The van der Waals surface area contributed by atoms with Gasteiger partial charge in [0, 0.05) is 6.42 Å². The zero-order valence-corrected chi connectivity index (χ0v) is 46.5. The molecule has 9 heteroatoms. The Labute approximate surface area is 422 Å². The average molecular weight is 979 g/mol. The number of nitrogens with zero attached hydrogens (tertiary/aromatic N) is 1. The number of quaternary nitrogens is 1. The molecule has 0 aliphatic carbocycles. The third-order valence-electron chi connectivity index (χ3n) is 13.0. The van der Waals surface area contributed by atoms with E-state index in [0.29, 0.717) is 17.4 Å². The van der Waals surface area contributed by atoms with Crippen LogP contribution in [0.25, 0.3) is 0 Å². The van der Waals surface area contributed by atoms with Crippen molar-refractivity contribution >= 4 is 13.7 Å². The van der Waals surface area contributed by atoms with E-state index in [1.165, 1.54) is 186 Å². The highest BCUT2D eigenvalue weighted by atomic mass is 31.2. The fraction of sp³-hybridized carbons (Fsp3) is 0.847. The highest BCUT2D eigenvalue weighted by Crippen LogP contribution is 2.43. The smallest absolute Gasteiger partial charge is 0.387 e. The second-order valence-electron chi connectivity index (χ2n) is 21.0. The van der Waals surface area contributed by atoms with E-state index in [1.54, 1.807) is 6.08 Å². The second-order valence-corrected chi connectivity index (χ2v) is 22.5. The molecule has 0 rings (SSSR count). The summed E-state index contributed by atoms with van der Waals surface area (Å²) in [6.07, 6.45) is 66.6. The lowest BCUT2D eigenvalue weighted by atomic mass is 10.0. The zero-order valence-electron chi connectivity index (χ0n) is 45.6. The number of rotatable bonds is 53. The highest BCUT2D eigenvalue weighted by Gasteiger charge is 2.27. The van der Waals surface area contributed by atoms with E-state index in [4.69, 9.17) is 9.05 Å². The summed E-state index contributed by atoms with van der Waals surface area (Å²) in [5.41, 5.74) is 0. The number of carbonyl (C=O) groups is 1. The number of carbonyl (C=O) groups excluding carboxylic acids is 1. The predicted octanol–water partition coefficient (Wildman–Crippen LogP) is 17.5. The van der Waals surface area contributed by atoms with Crippen molar-refractivity contribution in [3.8, 4) is 0 Å². The van der Waals surface area contributed by atoms with E-state index < -0.39 is 20.0 Å². The van der Waals surface area contributed by atoms with Gasteiger partial charge in [0.25, 0.3) is 0 Å². The van der Waals surface area contributed by atoms with Crippen molar-refractivity contribution < 1.29 is 32.9 Å². The molecule has 0 radical (unpaired) electrons. The number of phosphoric acid groups is 1.